The zero-order valence-electron chi connectivity index (χ0n) is 10.5. The van der Waals surface area contributed by atoms with Crippen molar-refractivity contribution in [1.29, 1.82) is 0 Å². The summed E-state index contributed by atoms with van der Waals surface area (Å²) in [7, 11) is 3.31. The maximum absolute atomic E-state index is 13.1. The maximum Gasteiger partial charge on any atom is 0.236 e. The minimum absolute atomic E-state index is 0. The highest BCUT2D eigenvalue weighted by atomic mass is 35.5. The van der Waals surface area contributed by atoms with E-state index in [1.54, 1.807) is 21.0 Å². The lowest BCUT2D eigenvalue weighted by atomic mass is 10.1. The van der Waals surface area contributed by atoms with Crippen LogP contribution in [-0.4, -0.2) is 31.4 Å². The van der Waals surface area contributed by atoms with E-state index < -0.39 is 11.6 Å². The lowest BCUT2D eigenvalue weighted by molar-refractivity contribution is -0.130. The second-order valence-electron chi connectivity index (χ2n) is 3.88. The van der Waals surface area contributed by atoms with Crippen molar-refractivity contribution in [2.75, 3.05) is 20.6 Å². The summed E-state index contributed by atoms with van der Waals surface area (Å²) < 4.78 is 25.8. The second-order valence-corrected chi connectivity index (χ2v) is 3.88. The molecule has 0 aliphatic carbocycles. The van der Waals surface area contributed by atoms with E-state index in [0.717, 1.165) is 12.1 Å². The summed E-state index contributed by atoms with van der Waals surface area (Å²) in [6.45, 7) is 1.98. The molecule has 0 aromatic heterocycles. The molecule has 3 nitrogen and oxygen atoms in total. The number of carbonyl (C=O) groups excluding carboxylic acids is 1. The van der Waals surface area contributed by atoms with Gasteiger partial charge in [0.1, 0.15) is 0 Å². The third kappa shape index (κ3) is 3.92. The average Bonchev–Trinajstić information content (AvgIpc) is 2.31. The summed E-state index contributed by atoms with van der Waals surface area (Å²) in [6.07, 6.45) is 0. The van der Waals surface area contributed by atoms with E-state index in [1.807, 2.05) is 0 Å². The Morgan fingerprint density at radius 2 is 2.00 bits per heavy atom. The van der Waals surface area contributed by atoms with Crippen LogP contribution in [0.1, 0.15) is 18.5 Å². The van der Waals surface area contributed by atoms with Crippen LogP contribution in [0.3, 0.4) is 0 Å². The molecule has 0 heterocycles. The molecule has 0 aliphatic rings. The number of amides is 1. The zero-order valence-corrected chi connectivity index (χ0v) is 11.4. The lowest BCUT2D eigenvalue weighted by Gasteiger charge is -2.25. The topological polar surface area (TPSA) is 32.3 Å². The summed E-state index contributed by atoms with van der Waals surface area (Å²) in [5.41, 5.74) is 0.566. The van der Waals surface area contributed by atoms with E-state index in [9.17, 15) is 13.6 Å². The molecule has 1 aromatic carbocycles. The molecule has 1 N–H and O–H groups in total. The Morgan fingerprint density at radius 3 is 2.50 bits per heavy atom. The molecule has 0 saturated carbocycles. The van der Waals surface area contributed by atoms with Crippen molar-refractivity contribution in [3.63, 3.8) is 0 Å². The Bertz CT molecular complexity index is 415. The van der Waals surface area contributed by atoms with E-state index in [2.05, 4.69) is 5.32 Å². The third-order valence-electron chi connectivity index (χ3n) is 2.73. The van der Waals surface area contributed by atoms with Crippen molar-refractivity contribution in [3.8, 4) is 0 Å². The SMILES string of the molecule is CNCC(=O)N(C)C(C)c1ccc(F)c(F)c1.Cl. The Morgan fingerprint density at radius 1 is 1.39 bits per heavy atom. The number of hydrogen-bond acceptors (Lipinski definition) is 2. The quantitative estimate of drug-likeness (QED) is 0.915. The van der Waals surface area contributed by atoms with E-state index in [-0.39, 0.29) is 30.9 Å². The molecule has 1 amide bonds. The van der Waals surface area contributed by atoms with Crippen LogP contribution in [0.15, 0.2) is 18.2 Å². The fourth-order valence-corrected chi connectivity index (χ4v) is 1.49. The maximum atomic E-state index is 13.1. The van der Waals surface area contributed by atoms with Crippen LogP contribution >= 0.6 is 12.4 Å². The average molecular weight is 279 g/mol. The fraction of sp³-hybridized carbons (Fsp3) is 0.417. The van der Waals surface area contributed by atoms with Crippen LogP contribution in [0.25, 0.3) is 0 Å². The molecular formula is C12H17ClF2N2O. The fourth-order valence-electron chi connectivity index (χ4n) is 1.49. The monoisotopic (exact) mass is 278 g/mol. The first-order valence-corrected chi connectivity index (χ1v) is 5.32. The molecule has 1 rings (SSSR count). The third-order valence-corrected chi connectivity index (χ3v) is 2.73. The summed E-state index contributed by atoms with van der Waals surface area (Å²) in [5, 5.41) is 2.75. The number of halogens is 3. The van der Waals surface area contributed by atoms with Gasteiger partial charge in [-0.1, -0.05) is 6.07 Å². The highest BCUT2D eigenvalue weighted by molar-refractivity contribution is 5.85. The first-order valence-electron chi connectivity index (χ1n) is 5.32. The summed E-state index contributed by atoms with van der Waals surface area (Å²) in [5.74, 6) is -1.89. The van der Waals surface area contributed by atoms with Gasteiger partial charge in [0, 0.05) is 7.05 Å². The van der Waals surface area contributed by atoms with E-state index in [1.165, 1.54) is 11.0 Å². The van der Waals surface area contributed by atoms with Crippen LogP contribution in [0.2, 0.25) is 0 Å². The number of carbonyl (C=O) groups is 1. The highest BCUT2D eigenvalue weighted by Gasteiger charge is 2.17. The van der Waals surface area contributed by atoms with Gasteiger partial charge in [-0.3, -0.25) is 4.79 Å². The van der Waals surface area contributed by atoms with Gasteiger partial charge in [0.25, 0.3) is 0 Å². The number of nitrogens with one attached hydrogen (secondary N) is 1. The normalized spacial score (nSPS) is 11.6. The molecule has 0 saturated heterocycles. The van der Waals surface area contributed by atoms with E-state index >= 15 is 0 Å². The van der Waals surface area contributed by atoms with Crippen molar-refractivity contribution in [2.45, 2.75) is 13.0 Å². The predicted octanol–water partition coefficient (Wildman–Crippen LogP) is 2.13. The summed E-state index contributed by atoms with van der Waals surface area (Å²) in [6, 6.07) is 3.36. The molecular weight excluding hydrogens is 262 g/mol. The molecule has 0 fully saturated rings. The van der Waals surface area contributed by atoms with Gasteiger partial charge in [0.15, 0.2) is 11.6 Å². The second kappa shape index (κ2) is 7.28. The minimum atomic E-state index is -0.899. The Hall–Kier alpha value is -1.20. The molecule has 1 atom stereocenters. The van der Waals surface area contributed by atoms with E-state index in [0.29, 0.717) is 5.56 Å². The van der Waals surface area contributed by atoms with Gasteiger partial charge < -0.3 is 10.2 Å². The van der Waals surface area contributed by atoms with Gasteiger partial charge in [-0.15, -0.1) is 12.4 Å². The molecule has 6 heteroatoms. The van der Waals surface area contributed by atoms with E-state index in [4.69, 9.17) is 0 Å². The first kappa shape index (κ1) is 16.8. The Labute approximate surface area is 112 Å². The van der Waals surface area contributed by atoms with Crippen LogP contribution in [0.4, 0.5) is 8.78 Å². The van der Waals surface area contributed by atoms with Crippen LogP contribution < -0.4 is 5.32 Å². The van der Waals surface area contributed by atoms with Crippen LogP contribution in [0.5, 0.6) is 0 Å². The smallest absolute Gasteiger partial charge is 0.236 e. The molecule has 102 valence electrons. The molecule has 1 aromatic rings. The molecule has 0 bridgehead atoms. The van der Waals surface area contributed by atoms with Gasteiger partial charge in [-0.05, 0) is 31.7 Å². The lowest BCUT2D eigenvalue weighted by Crippen LogP contribution is -2.35. The molecule has 18 heavy (non-hydrogen) atoms. The minimum Gasteiger partial charge on any atom is -0.338 e. The molecule has 0 aliphatic heterocycles. The van der Waals surface area contributed by atoms with Gasteiger partial charge in [-0.2, -0.15) is 0 Å². The predicted molar refractivity (Wildman–Crippen MR) is 68.7 cm³/mol. The standard InChI is InChI=1S/C12H16F2N2O.ClH/c1-8(16(3)12(17)7-15-2)9-4-5-10(13)11(14)6-9;/h4-6,8,15H,7H2,1-3H3;1H. The van der Waals surface area contributed by atoms with Gasteiger partial charge in [0.2, 0.25) is 5.91 Å². The molecule has 1 unspecified atom stereocenters. The zero-order chi connectivity index (χ0) is 13.0. The van der Waals surface area contributed by atoms with Gasteiger partial charge in [-0.25, -0.2) is 8.78 Å². The van der Waals surface area contributed by atoms with Gasteiger partial charge in [0.05, 0.1) is 12.6 Å². The molecule has 0 spiro atoms. The van der Waals surface area contributed by atoms with Crippen molar-refractivity contribution < 1.29 is 13.6 Å². The van der Waals surface area contributed by atoms with Crippen LogP contribution in [0, 0.1) is 11.6 Å². The van der Waals surface area contributed by atoms with Crippen molar-refractivity contribution in [1.82, 2.24) is 10.2 Å². The summed E-state index contributed by atoms with van der Waals surface area (Å²) >= 11 is 0. The number of rotatable bonds is 4. The number of benzene rings is 1. The van der Waals surface area contributed by atoms with Crippen molar-refractivity contribution >= 4 is 18.3 Å². The number of nitrogens with zero attached hydrogens (tertiary/aromatic N) is 1. The Balaban J connectivity index is 0.00000289. The largest absolute Gasteiger partial charge is 0.338 e. The highest BCUT2D eigenvalue weighted by Crippen LogP contribution is 2.20. The summed E-state index contributed by atoms with van der Waals surface area (Å²) in [4.78, 5) is 13.1. The Kier molecular flexibility index (Phi) is 6.80. The first-order chi connectivity index (χ1) is 7.97. The number of hydrogen-bond donors (Lipinski definition) is 1. The van der Waals surface area contributed by atoms with Gasteiger partial charge >= 0.3 is 0 Å². The molecule has 0 radical (unpaired) electrons. The van der Waals surface area contributed by atoms with Crippen molar-refractivity contribution in [3.05, 3.63) is 35.4 Å². The van der Waals surface area contributed by atoms with Crippen LogP contribution in [-0.2, 0) is 4.79 Å². The van der Waals surface area contributed by atoms with Crippen molar-refractivity contribution in [2.24, 2.45) is 0 Å². The number of likely N-dealkylation sites (N-methyl/N-ethyl adjacent to an activating group) is 2.